The predicted molar refractivity (Wildman–Crippen MR) is 129 cm³/mol. The fourth-order valence-corrected chi connectivity index (χ4v) is 3.72. The number of nitrogens with one attached hydrogen (secondary N) is 3. The smallest absolute Gasteiger partial charge is 0.246 e. The first-order valence-corrected chi connectivity index (χ1v) is 10.9. The molecule has 0 aliphatic heterocycles. The second-order valence-corrected chi connectivity index (χ2v) is 7.86. The maximum absolute atomic E-state index is 13.9. The highest BCUT2D eigenvalue weighted by atomic mass is 19.2. The van der Waals surface area contributed by atoms with Gasteiger partial charge in [0.2, 0.25) is 5.91 Å². The topological polar surface area (TPSA) is 93.7 Å². The highest BCUT2D eigenvalue weighted by Gasteiger charge is 2.17. The number of nitrogens with zero attached hydrogens (tertiary/aromatic N) is 2. The van der Waals surface area contributed by atoms with Crippen LogP contribution in [0.15, 0.2) is 78.9 Å². The number of hydrogen-bond acceptors (Lipinski definition) is 3. The van der Waals surface area contributed by atoms with Crippen molar-refractivity contribution in [3.8, 4) is 28.6 Å². The van der Waals surface area contributed by atoms with E-state index in [2.05, 4.69) is 16.7 Å². The molecular weight excluding hydrogens is 467 g/mol. The Morgan fingerprint density at radius 2 is 1.50 bits per heavy atom. The van der Waals surface area contributed by atoms with Crippen LogP contribution in [0.5, 0.6) is 0 Å². The molecule has 180 valence electrons. The predicted octanol–water partition coefficient (Wildman–Crippen LogP) is 4.95. The van der Waals surface area contributed by atoms with Gasteiger partial charge in [0.1, 0.15) is 6.54 Å². The third-order valence-corrected chi connectivity index (χ3v) is 5.50. The summed E-state index contributed by atoms with van der Waals surface area (Å²) in [5.41, 5.74) is 3.51. The lowest BCUT2D eigenvalue weighted by molar-refractivity contribution is -0.120. The first-order valence-electron chi connectivity index (χ1n) is 10.9. The molecule has 0 aliphatic carbocycles. The number of benzene rings is 3. The van der Waals surface area contributed by atoms with Crippen LogP contribution in [0.4, 0.5) is 13.2 Å². The average molecular weight is 487 g/mol. The van der Waals surface area contributed by atoms with E-state index in [0.29, 0.717) is 5.56 Å². The second kappa shape index (κ2) is 10.6. The molecular formula is C27H20F3N5O. The van der Waals surface area contributed by atoms with E-state index in [1.165, 1.54) is 0 Å². The molecule has 3 aromatic carbocycles. The van der Waals surface area contributed by atoms with Crippen molar-refractivity contribution < 1.29 is 18.0 Å². The van der Waals surface area contributed by atoms with Crippen LogP contribution in [0.3, 0.4) is 0 Å². The maximum Gasteiger partial charge on any atom is 0.246 e. The van der Waals surface area contributed by atoms with Crippen molar-refractivity contribution in [3.63, 3.8) is 0 Å². The monoisotopic (exact) mass is 487 g/mol. The zero-order valence-corrected chi connectivity index (χ0v) is 18.9. The fraction of sp³-hybridized carbons (Fsp3) is 0.0741. The molecule has 36 heavy (non-hydrogen) atoms. The van der Waals surface area contributed by atoms with Gasteiger partial charge in [-0.25, -0.2) is 13.2 Å². The van der Waals surface area contributed by atoms with Crippen molar-refractivity contribution in [1.29, 1.82) is 10.7 Å². The SMILES string of the molecule is N#Cc1ccc(-c2ccc(-c3ccccc3)n2CC(=O)NC(=N)NCc2ccc(F)c(F)c2F)cc1. The molecule has 1 amide bonds. The Labute approximate surface area is 205 Å². The zero-order valence-electron chi connectivity index (χ0n) is 18.9. The summed E-state index contributed by atoms with van der Waals surface area (Å²) in [6.45, 7) is -0.465. The standard InChI is InChI=1S/C27H20F3N5O/c28-21-11-10-20(25(29)26(21)30)15-33-27(32)34-24(36)16-35-22(18-4-2-1-3-5-18)12-13-23(35)19-8-6-17(14-31)7-9-19/h1-13H,15-16H2,(H3,32,33,34,36). The van der Waals surface area contributed by atoms with Gasteiger partial charge < -0.3 is 9.88 Å². The summed E-state index contributed by atoms with van der Waals surface area (Å²) in [5.74, 6) is -5.20. The second-order valence-electron chi connectivity index (χ2n) is 7.86. The lowest BCUT2D eigenvalue weighted by Crippen LogP contribution is -2.41. The van der Waals surface area contributed by atoms with E-state index in [-0.39, 0.29) is 18.7 Å². The number of carbonyl (C=O) groups excluding carboxylic acids is 1. The number of guanidine groups is 1. The molecule has 0 aliphatic rings. The summed E-state index contributed by atoms with van der Waals surface area (Å²) >= 11 is 0. The normalized spacial score (nSPS) is 10.5. The van der Waals surface area contributed by atoms with Crippen LogP contribution in [-0.4, -0.2) is 16.4 Å². The number of nitriles is 1. The molecule has 0 saturated heterocycles. The van der Waals surface area contributed by atoms with Crippen molar-refractivity contribution in [1.82, 2.24) is 15.2 Å². The van der Waals surface area contributed by atoms with Crippen molar-refractivity contribution in [2.75, 3.05) is 0 Å². The summed E-state index contributed by atoms with van der Waals surface area (Å²) in [6.07, 6.45) is 0. The van der Waals surface area contributed by atoms with Crippen molar-refractivity contribution >= 4 is 11.9 Å². The molecule has 0 bridgehead atoms. The number of rotatable bonds is 6. The molecule has 0 spiro atoms. The van der Waals surface area contributed by atoms with Gasteiger partial charge in [0.15, 0.2) is 23.4 Å². The van der Waals surface area contributed by atoms with Crippen LogP contribution in [0.1, 0.15) is 11.1 Å². The van der Waals surface area contributed by atoms with Gasteiger partial charge in [-0.1, -0.05) is 48.5 Å². The number of amides is 1. The van der Waals surface area contributed by atoms with E-state index in [0.717, 1.165) is 34.6 Å². The van der Waals surface area contributed by atoms with Gasteiger partial charge in [-0.05, 0) is 41.5 Å². The molecule has 4 aromatic rings. The molecule has 3 N–H and O–H groups in total. The Hall–Kier alpha value is -4.84. The first-order chi connectivity index (χ1) is 17.4. The summed E-state index contributed by atoms with van der Waals surface area (Å²) in [6, 6.07) is 24.1. The third kappa shape index (κ3) is 5.28. The number of hydrogen-bond donors (Lipinski definition) is 3. The van der Waals surface area contributed by atoms with E-state index in [4.69, 9.17) is 10.7 Å². The number of carbonyl (C=O) groups is 1. The Balaban J connectivity index is 1.52. The van der Waals surface area contributed by atoms with E-state index in [9.17, 15) is 18.0 Å². The van der Waals surface area contributed by atoms with Gasteiger partial charge in [-0.3, -0.25) is 15.5 Å². The van der Waals surface area contributed by atoms with Crippen molar-refractivity contribution in [3.05, 3.63) is 107 Å². The molecule has 0 atom stereocenters. The molecule has 6 nitrogen and oxygen atoms in total. The first kappa shape index (κ1) is 24.3. The van der Waals surface area contributed by atoms with Crippen LogP contribution in [-0.2, 0) is 17.9 Å². The van der Waals surface area contributed by atoms with Crippen LogP contribution in [0.25, 0.3) is 22.5 Å². The Morgan fingerprint density at radius 3 is 2.14 bits per heavy atom. The van der Waals surface area contributed by atoms with Crippen LogP contribution in [0.2, 0.25) is 0 Å². The van der Waals surface area contributed by atoms with Gasteiger partial charge >= 0.3 is 0 Å². The maximum atomic E-state index is 13.9. The molecule has 4 rings (SSSR count). The highest BCUT2D eigenvalue weighted by Crippen LogP contribution is 2.29. The van der Waals surface area contributed by atoms with Crippen LogP contribution in [0, 0.1) is 34.2 Å². The number of aromatic nitrogens is 1. The quantitative estimate of drug-likeness (QED) is 0.204. The molecule has 0 radical (unpaired) electrons. The Morgan fingerprint density at radius 1 is 0.861 bits per heavy atom. The van der Waals surface area contributed by atoms with Gasteiger partial charge in [-0.15, -0.1) is 0 Å². The molecule has 1 aromatic heterocycles. The summed E-state index contributed by atoms with van der Waals surface area (Å²) in [4.78, 5) is 12.8. The minimum Gasteiger partial charge on any atom is -0.352 e. The highest BCUT2D eigenvalue weighted by molar-refractivity contribution is 5.95. The van der Waals surface area contributed by atoms with E-state index >= 15 is 0 Å². The van der Waals surface area contributed by atoms with Crippen molar-refractivity contribution in [2.24, 2.45) is 0 Å². The molecule has 9 heteroatoms. The van der Waals surface area contributed by atoms with Crippen LogP contribution >= 0.6 is 0 Å². The van der Waals surface area contributed by atoms with Crippen LogP contribution < -0.4 is 10.6 Å². The Kier molecular flexibility index (Phi) is 7.16. The van der Waals surface area contributed by atoms with Crippen molar-refractivity contribution in [2.45, 2.75) is 13.1 Å². The lowest BCUT2D eigenvalue weighted by atomic mass is 10.1. The minimum absolute atomic E-state index is 0.143. The number of halogens is 3. The van der Waals surface area contributed by atoms with Gasteiger partial charge in [0.05, 0.1) is 11.6 Å². The summed E-state index contributed by atoms with van der Waals surface area (Å²) < 4.78 is 42.2. The van der Waals surface area contributed by atoms with Gasteiger partial charge in [0, 0.05) is 23.5 Å². The largest absolute Gasteiger partial charge is 0.352 e. The van der Waals surface area contributed by atoms with E-state index < -0.39 is 29.3 Å². The lowest BCUT2D eigenvalue weighted by Gasteiger charge is -2.15. The fourth-order valence-electron chi connectivity index (χ4n) is 3.72. The van der Waals surface area contributed by atoms with Gasteiger partial charge in [0.25, 0.3) is 0 Å². The molecule has 0 fully saturated rings. The van der Waals surface area contributed by atoms with E-state index in [1.54, 1.807) is 28.8 Å². The molecule has 1 heterocycles. The minimum atomic E-state index is -1.60. The molecule has 0 unspecified atom stereocenters. The Bertz CT molecular complexity index is 1460. The van der Waals surface area contributed by atoms with Gasteiger partial charge in [-0.2, -0.15) is 5.26 Å². The molecule has 0 saturated carbocycles. The summed E-state index contributed by atoms with van der Waals surface area (Å²) in [7, 11) is 0. The summed E-state index contributed by atoms with van der Waals surface area (Å²) in [5, 5.41) is 21.9. The zero-order chi connectivity index (χ0) is 25.7. The average Bonchev–Trinajstić information content (AvgIpc) is 3.30. The van der Waals surface area contributed by atoms with E-state index in [1.807, 2.05) is 42.5 Å². The third-order valence-electron chi connectivity index (χ3n) is 5.50.